The maximum Gasteiger partial charge on any atom is 0.133 e. The highest BCUT2D eigenvalue weighted by Gasteiger charge is 2.31. The van der Waals surface area contributed by atoms with E-state index in [2.05, 4.69) is 0 Å². The molecular formula is C7H10O3. The second-order valence-electron chi connectivity index (χ2n) is 2.58. The molecule has 0 unspecified atom stereocenters. The Bertz CT molecular complexity index is 126. The fourth-order valence-corrected chi connectivity index (χ4v) is 1.01. The van der Waals surface area contributed by atoms with Gasteiger partial charge in [0.15, 0.2) is 0 Å². The van der Waals surface area contributed by atoms with Gasteiger partial charge >= 0.3 is 0 Å². The first kappa shape index (κ1) is 7.41. The van der Waals surface area contributed by atoms with E-state index in [1.165, 1.54) is 0 Å². The smallest absolute Gasteiger partial charge is 0.133 e. The Hall–Kier alpha value is -0.700. The van der Waals surface area contributed by atoms with Crippen LogP contribution < -0.4 is 0 Å². The van der Waals surface area contributed by atoms with Crippen LogP contribution in [0.5, 0.6) is 0 Å². The molecule has 0 N–H and O–H groups in total. The summed E-state index contributed by atoms with van der Waals surface area (Å²) in [5, 5.41) is 0. The summed E-state index contributed by atoms with van der Waals surface area (Å²) < 4.78 is 5.01. The van der Waals surface area contributed by atoms with Crippen molar-refractivity contribution in [3.63, 3.8) is 0 Å². The molecule has 0 radical (unpaired) electrons. The Balaban J connectivity index is 2.60. The largest absolute Gasteiger partial charge is 0.381 e. The molecule has 3 heteroatoms. The Kier molecular flexibility index (Phi) is 2.17. The molecule has 10 heavy (non-hydrogen) atoms. The first-order valence-corrected chi connectivity index (χ1v) is 3.33. The molecule has 0 aliphatic carbocycles. The summed E-state index contributed by atoms with van der Waals surface area (Å²) in [6, 6.07) is 0. The van der Waals surface area contributed by atoms with Crippen molar-refractivity contribution in [2.45, 2.75) is 12.8 Å². The first-order chi connectivity index (χ1) is 4.83. The van der Waals surface area contributed by atoms with Gasteiger partial charge in [-0.15, -0.1) is 0 Å². The summed E-state index contributed by atoms with van der Waals surface area (Å²) in [5.41, 5.74) is -0.724. The third-order valence-electron chi connectivity index (χ3n) is 1.89. The lowest BCUT2D eigenvalue weighted by atomic mass is 9.84. The van der Waals surface area contributed by atoms with E-state index < -0.39 is 5.41 Å². The van der Waals surface area contributed by atoms with Crippen LogP contribution in [0.1, 0.15) is 12.8 Å². The zero-order chi connectivity index (χ0) is 7.45. The first-order valence-electron chi connectivity index (χ1n) is 3.33. The van der Waals surface area contributed by atoms with E-state index >= 15 is 0 Å². The number of carbonyl (C=O) groups is 2. The normalized spacial score (nSPS) is 23.6. The van der Waals surface area contributed by atoms with Crippen molar-refractivity contribution in [1.29, 1.82) is 0 Å². The van der Waals surface area contributed by atoms with Gasteiger partial charge in [0.25, 0.3) is 0 Å². The van der Waals surface area contributed by atoms with Gasteiger partial charge in [-0.2, -0.15) is 0 Å². The van der Waals surface area contributed by atoms with Gasteiger partial charge in [-0.3, -0.25) is 0 Å². The Morgan fingerprint density at radius 3 is 1.90 bits per heavy atom. The lowest BCUT2D eigenvalue weighted by Crippen LogP contribution is -2.32. The van der Waals surface area contributed by atoms with Crippen molar-refractivity contribution < 1.29 is 14.3 Å². The highest BCUT2D eigenvalue weighted by Crippen LogP contribution is 2.24. The number of ether oxygens (including phenoxy) is 1. The zero-order valence-electron chi connectivity index (χ0n) is 5.71. The van der Waals surface area contributed by atoms with Crippen molar-refractivity contribution in [2.24, 2.45) is 5.41 Å². The number of rotatable bonds is 2. The van der Waals surface area contributed by atoms with Gasteiger partial charge in [0.2, 0.25) is 0 Å². The zero-order valence-corrected chi connectivity index (χ0v) is 5.71. The van der Waals surface area contributed by atoms with Crippen LogP contribution in [0, 0.1) is 5.41 Å². The van der Waals surface area contributed by atoms with Crippen LogP contribution in [-0.2, 0) is 14.3 Å². The van der Waals surface area contributed by atoms with Crippen LogP contribution in [0.25, 0.3) is 0 Å². The predicted octanol–water partition coefficient (Wildman–Crippen LogP) is 0.181. The molecule has 0 aromatic rings. The molecule has 1 rings (SSSR count). The third-order valence-corrected chi connectivity index (χ3v) is 1.89. The monoisotopic (exact) mass is 142 g/mol. The Morgan fingerprint density at radius 2 is 1.60 bits per heavy atom. The van der Waals surface area contributed by atoms with Gasteiger partial charge in [-0.25, -0.2) is 0 Å². The van der Waals surface area contributed by atoms with Crippen molar-refractivity contribution in [1.82, 2.24) is 0 Å². The minimum absolute atomic E-state index is 0.525. The second-order valence-corrected chi connectivity index (χ2v) is 2.58. The van der Waals surface area contributed by atoms with E-state index in [-0.39, 0.29) is 0 Å². The standard InChI is InChI=1S/C7H10O3/c8-5-7(6-9)1-3-10-4-2-7/h5-6H,1-4H2. The van der Waals surface area contributed by atoms with E-state index in [9.17, 15) is 9.59 Å². The average molecular weight is 142 g/mol. The van der Waals surface area contributed by atoms with Crippen molar-refractivity contribution in [3.8, 4) is 0 Å². The van der Waals surface area contributed by atoms with Gasteiger partial charge in [-0.05, 0) is 12.8 Å². The topological polar surface area (TPSA) is 43.4 Å². The van der Waals surface area contributed by atoms with Crippen LogP contribution >= 0.6 is 0 Å². The molecule has 1 aliphatic heterocycles. The maximum absolute atomic E-state index is 10.4. The lowest BCUT2D eigenvalue weighted by molar-refractivity contribution is -0.131. The van der Waals surface area contributed by atoms with Gasteiger partial charge in [0.1, 0.15) is 12.6 Å². The van der Waals surface area contributed by atoms with Gasteiger partial charge < -0.3 is 14.3 Å². The summed E-state index contributed by atoms with van der Waals surface area (Å²) in [4.78, 5) is 20.9. The molecule has 0 aromatic carbocycles. The highest BCUT2D eigenvalue weighted by molar-refractivity contribution is 5.83. The van der Waals surface area contributed by atoms with Crippen molar-refractivity contribution in [3.05, 3.63) is 0 Å². The SMILES string of the molecule is O=CC1(C=O)CCOCC1. The minimum atomic E-state index is -0.724. The maximum atomic E-state index is 10.4. The van der Waals surface area contributed by atoms with E-state index in [0.717, 1.165) is 12.6 Å². The van der Waals surface area contributed by atoms with Crippen LogP contribution in [0.2, 0.25) is 0 Å². The highest BCUT2D eigenvalue weighted by atomic mass is 16.5. The number of hydrogen-bond acceptors (Lipinski definition) is 3. The van der Waals surface area contributed by atoms with E-state index in [4.69, 9.17) is 4.74 Å². The third kappa shape index (κ3) is 1.24. The number of carbonyl (C=O) groups excluding carboxylic acids is 2. The molecule has 0 amide bonds. The molecule has 3 nitrogen and oxygen atoms in total. The molecule has 0 spiro atoms. The molecule has 0 saturated carbocycles. The Morgan fingerprint density at radius 1 is 1.10 bits per heavy atom. The molecule has 0 atom stereocenters. The molecule has 1 aliphatic rings. The van der Waals surface area contributed by atoms with Gasteiger partial charge in [0, 0.05) is 13.2 Å². The van der Waals surface area contributed by atoms with Gasteiger partial charge in [0.05, 0.1) is 5.41 Å². The molecule has 1 fully saturated rings. The molecular weight excluding hydrogens is 132 g/mol. The molecule has 56 valence electrons. The van der Waals surface area contributed by atoms with Crippen molar-refractivity contribution >= 4 is 12.6 Å². The van der Waals surface area contributed by atoms with Crippen LogP contribution in [0.15, 0.2) is 0 Å². The fraction of sp³-hybridized carbons (Fsp3) is 0.714. The van der Waals surface area contributed by atoms with Crippen LogP contribution in [0.4, 0.5) is 0 Å². The second kappa shape index (κ2) is 2.92. The molecule has 0 bridgehead atoms. The lowest BCUT2D eigenvalue weighted by Gasteiger charge is -2.25. The Labute approximate surface area is 59.4 Å². The number of aldehydes is 2. The van der Waals surface area contributed by atoms with E-state index in [0.29, 0.717) is 26.1 Å². The van der Waals surface area contributed by atoms with Crippen LogP contribution in [0.3, 0.4) is 0 Å². The number of hydrogen-bond donors (Lipinski definition) is 0. The summed E-state index contributed by atoms with van der Waals surface area (Å²) >= 11 is 0. The summed E-state index contributed by atoms with van der Waals surface area (Å²) in [6.45, 7) is 1.05. The van der Waals surface area contributed by atoms with Gasteiger partial charge in [-0.1, -0.05) is 0 Å². The molecule has 0 aromatic heterocycles. The average Bonchev–Trinajstić information content (AvgIpc) is 2.06. The molecule has 1 saturated heterocycles. The quantitative estimate of drug-likeness (QED) is 0.408. The summed E-state index contributed by atoms with van der Waals surface area (Å²) in [5.74, 6) is 0. The van der Waals surface area contributed by atoms with E-state index in [1.807, 2.05) is 0 Å². The van der Waals surface area contributed by atoms with Crippen LogP contribution in [-0.4, -0.2) is 25.8 Å². The molecule has 1 heterocycles. The fourth-order valence-electron chi connectivity index (χ4n) is 1.01. The summed E-state index contributed by atoms with van der Waals surface area (Å²) in [7, 11) is 0. The predicted molar refractivity (Wildman–Crippen MR) is 34.6 cm³/mol. The van der Waals surface area contributed by atoms with E-state index in [1.54, 1.807) is 0 Å². The van der Waals surface area contributed by atoms with Crippen molar-refractivity contribution in [2.75, 3.05) is 13.2 Å². The minimum Gasteiger partial charge on any atom is -0.381 e. The summed E-state index contributed by atoms with van der Waals surface area (Å²) in [6.07, 6.45) is 2.56.